The summed E-state index contributed by atoms with van der Waals surface area (Å²) in [5, 5.41) is 4.99. The summed E-state index contributed by atoms with van der Waals surface area (Å²) in [7, 11) is 0. The number of rotatable bonds is 8. The zero-order chi connectivity index (χ0) is 21.7. The molecule has 30 heavy (non-hydrogen) atoms. The Bertz CT molecular complexity index is 916. The molecule has 0 radical (unpaired) electrons. The van der Waals surface area contributed by atoms with Crippen LogP contribution in [0.1, 0.15) is 35.8 Å². The highest BCUT2D eigenvalue weighted by Gasteiger charge is 2.41. The molecule has 0 spiro atoms. The molecule has 2 N–H and O–H groups in total. The molecule has 9 heteroatoms. The topological polar surface area (TPSA) is 99.7 Å². The summed E-state index contributed by atoms with van der Waals surface area (Å²) in [6.07, 6.45) is 2.66. The van der Waals surface area contributed by atoms with Gasteiger partial charge < -0.3 is 20.1 Å². The number of halogens is 1. The molecule has 1 unspecified atom stereocenters. The smallest absolute Gasteiger partial charge is 0.274 e. The van der Waals surface area contributed by atoms with Crippen molar-refractivity contribution in [1.29, 1.82) is 0 Å². The first-order chi connectivity index (χ1) is 14.3. The lowest BCUT2D eigenvalue weighted by Crippen LogP contribution is -2.58. The lowest BCUT2D eigenvalue weighted by atomic mass is 9.97. The zero-order valence-electron chi connectivity index (χ0n) is 17.3. The average molecular weight is 435 g/mol. The number of carbonyl (C=O) groups is 2. The Kier molecular flexibility index (Phi) is 6.99. The van der Waals surface area contributed by atoms with Gasteiger partial charge in [0.15, 0.2) is 0 Å². The number of morpholine rings is 1. The molecule has 1 fully saturated rings. The zero-order valence-corrected chi connectivity index (χ0v) is 18.0. The largest absolute Gasteiger partial charge is 0.490 e. The van der Waals surface area contributed by atoms with E-state index in [9.17, 15) is 9.59 Å². The van der Waals surface area contributed by atoms with Gasteiger partial charge in [-0.25, -0.2) is 0 Å². The minimum Gasteiger partial charge on any atom is -0.490 e. The van der Waals surface area contributed by atoms with Crippen LogP contribution in [0.2, 0.25) is 5.02 Å². The van der Waals surface area contributed by atoms with E-state index >= 15 is 0 Å². The van der Waals surface area contributed by atoms with Crippen molar-refractivity contribution in [3.8, 4) is 5.75 Å². The van der Waals surface area contributed by atoms with Crippen LogP contribution in [-0.4, -0.2) is 58.4 Å². The highest BCUT2D eigenvalue weighted by atomic mass is 35.5. The molecule has 1 aliphatic rings. The van der Waals surface area contributed by atoms with Gasteiger partial charge in [-0.1, -0.05) is 18.5 Å². The fraction of sp³-hybridized carbons (Fsp3) is 0.476. The summed E-state index contributed by atoms with van der Waals surface area (Å²) in [5.41, 5.74) is 5.70. The lowest BCUT2D eigenvalue weighted by Gasteiger charge is -2.41. The maximum atomic E-state index is 13.0. The molecule has 1 aromatic carbocycles. The first-order valence-electron chi connectivity index (χ1n) is 9.96. The van der Waals surface area contributed by atoms with Gasteiger partial charge in [-0.05, 0) is 43.2 Å². The van der Waals surface area contributed by atoms with Crippen LogP contribution in [0.15, 0.2) is 30.5 Å². The van der Waals surface area contributed by atoms with Crippen molar-refractivity contribution in [2.45, 2.75) is 38.8 Å². The number of aromatic nitrogens is 2. The van der Waals surface area contributed by atoms with Gasteiger partial charge >= 0.3 is 0 Å². The van der Waals surface area contributed by atoms with Gasteiger partial charge in [-0.15, -0.1) is 0 Å². The number of amides is 2. The Hall–Kier alpha value is -2.58. The molecule has 1 atom stereocenters. The second kappa shape index (κ2) is 9.49. The third-order valence-corrected chi connectivity index (χ3v) is 5.40. The van der Waals surface area contributed by atoms with E-state index in [-0.39, 0.29) is 32.1 Å². The van der Waals surface area contributed by atoms with Crippen LogP contribution >= 0.6 is 11.6 Å². The van der Waals surface area contributed by atoms with Gasteiger partial charge in [0.05, 0.1) is 19.6 Å². The molecule has 0 bridgehead atoms. The number of ether oxygens (including phenoxy) is 2. The summed E-state index contributed by atoms with van der Waals surface area (Å²) in [6.45, 7) is 5.61. The van der Waals surface area contributed by atoms with Gasteiger partial charge in [-0.3, -0.25) is 14.3 Å². The minimum atomic E-state index is -1.03. The van der Waals surface area contributed by atoms with Crippen molar-refractivity contribution in [3.63, 3.8) is 0 Å². The van der Waals surface area contributed by atoms with Gasteiger partial charge in [0.2, 0.25) is 5.91 Å². The first kappa shape index (κ1) is 22.1. The second-order valence-corrected chi connectivity index (χ2v) is 7.97. The van der Waals surface area contributed by atoms with Crippen molar-refractivity contribution in [3.05, 3.63) is 46.7 Å². The maximum absolute atomic E-state index is 13.0. The molecule has 3 rings (SSSR count). The molecule has 2 heterocycles. The predicted molar refractivity (Wildman–Crippen MR) is 113 cm³/mol. The SMILES string of the molecule is CCCn1ccc(C(=O)N2CCOC(COc3ccc(Cl)c(C)c3)(CC(N)=O)C2)n1. The van der Waals surface area contributed by atoms with E-state index in [2.05, 4.69) is 5.10 Å². The fourth-order valence-electron chi connectivity index (χ4n) is 3.49. The Morgan fingerprint density at radius 3 is 2.87 bits per heavy atom. The van der Waals surface area contributed by atoms with Crippen molar-refractivity contribution in [1.82, 2.24) is 14.7 Å². The Morgan fingerprint density at radius 1 is 1.37 bits per heavy atom. The predicted octanol–water partition coefficient (Wildman–Crippen LogP) is 2.42. The van der Waals surface area contributed by atoms with Crippen LogP contribution in [0.3, 0.4) is 0 Å². The number of primary amides is 1. The maximum Gasteiger partial charge on any atom is 0.274 e. The molecule has 1 aromatic heterocycles. The lowest BCUT2D eigenvalue weighted by molar-refractivity contribution is -0.142. The Morgan fingerprint density at radius 2 is 2.17 bits per heavy atom. The number of carbonyl (C=O) groups excluding carboxylic acids is 2. The van der Waals surface area contributed by atoms with Crippen LogP contribution in [0.25, 0.3) is 0 Å². The summed E-state index contributed by atoms with van der Waals surface area (Å²) in [5.74, 6) is -0.122. The van der Waals surface area contributed by atoms with E-state index in [0.717, 1.165) is 18.5 Å². The molecule has 0 saturated carbocycles. The molecule has 8 nitrogen and oxygen atoms in total. The number of nitrogens with two attached hydrogens (primary N) is 1. The van der Waals surface area contributed by atoms with E-state index in [1.807, 2.05) is 19.9 Å². The minimum absolute atomic E-state index is 0.0619. The van der Waals surface area contributed by atoms with Gasteiger partial charge in [0, 0.05) is 24.3 Å². The summed E-state index contributed by atoms with van der Waals surface area (Å²) in [4.78, 5) is 26.4. The average Bonchev–Trinajstić information content (AvgIpc) is 3.17. The van der Waals surface area contributed by atoms with E-state index in [0.29, 0.717) is 23.0 Å². The van der Waals surface area contributed by atoms with E-state index < -0.39 is 11.5 Å². The number of hydrogen-bond donors (Lipinski definition) is 1. The van der Waals surface area contributed by atoms with Gasteiger partial charge in [0.1, 0.15) is 23.7 Å². The molecule has 2 aromatic rings. The molecule has 1 aliphatic heterocycles. The van der Waals surface area contributed by atoms with Crippen LogP contribution < -0.4 is 10.5 Å². The van der Waals surface area contributed by atoms with Gasteiger partial charge in [0.25, 0.3) is 5.91 Å². The van der Waals surface area contributed by atoms with Gasteiger partial charge in [-0.2, -0.15) is 5.10 Å². The van der Waals surface area contributed by atoms with E-state index in [1.54, 1.807) is 34.0 Å². The Balaban J connectivity index is 1.74. The van der Waals surface area contributed by atoms with Crippen molar-refractivity contribution in [2.75, 3.05) is 26.3 Å². The number of hydrogen-bond acceptors (Lipinski definition) is 5. The molecule has 1 saturated heterocycles. The van der Waals surface area contributed by atoms with Crippen LogP contribution in [-0.2, 0) is 16.1 Å². The number of nitrogens with zero attached hydrogens (tertiary/aromatic N) is 3. The quantitative estimate of drug-likeness (QED) is 0.687. The van der Waals surface area contributed by atoms with Crippen molar-refractivity contribution >= 4 is 23.4 Å². The summed E-state index contributed by atoms with van der Waals surface area (Å²) in [6, 6.07) is 7.01. The standard InChI is InChI=1S/C21H27ClN4O4/c1-3-7-26-8-6-18(24-26)20(28)25-9-10-30-21(13-25,12-19(23)27)14-29-16-4-5-17(22)15(2)11-16/h4-6,8,11H,3,7,9-10,12-14H2,1-2H3,(H2,23,27). The second-order valence-electron chi connectivity index (χ2n) is 7.56. The van der Waals surface area contributed by atoms with Crippen molar-refractivity contribution < 1.29 is 19.1 Å². The highest BCUT2D eigenvalue weighted by Crippen LogP contribution is 2.27. The van der Waals surface area contributed by atoms with Crippen LogP contribution in [0.4, 0.5) is 0 Å². The highest BCUT2D eigenvalue weighted by molar-refractivity contribution is 6.31. The number of aryl methyl sites for hydroxylation is 2. The van der Waals surface area contributed by atoms with E-state index in [4.69, 9.17) is 26.8 Å². The summed E-state index contributed by atoms with van der Waals surface area (Å²) >= 11 is 6.07. The van der Waals surface area contributed by atoms with Crippen molar-refractivity contribution in [2.24, 2.45) is 5.73 Å². The molecule has 2 amide bonds. The summed E-state index contributed by atoms with van der Waals surface area (Å²) < 4.78 is 13.6. The third-order valence-electron chi connectivity index (χ3n) is 4.98. The molecular formula is C21H27ClN4O4. The van der Waals surface area contributed by atoms with Crippen LogP contribution in [0, 0.1) is 6.92 Å². The third kappa shape index (κ3) is 5.31. The Labute approximate surface area is 180 Å². The molecular weight excluding hydrogens is 408 g/mol. The first-order valence-corrected chi connectivity index (χ1v) is 10.3. The molecule has 0 aliphatic carbocycles. The monoisotopic (exact) mass is 434 g/mol. The molecule has 162 valence electrons. The van der Waals surface area contributed by atoms with E-state index in [1.165, 1.54) is 0 Å². The van der Waals surface area contributed by atoms with Crippen LogP contribution in [0.5, 0.6) is 5.75 Å². The fourth-order valence-corrected chi connectivity index (χ4v) is 3.61. The normalized spacial score (nSPS) is 19.0. The number of benzene rings is 1.